The van der Waals surface area contributed by atoms with Crippen molar-refractivity contribution in [1.29, 1.82) is 0 Å². The highest BCUT2D eigenvalue weighted by atomic mass is 16.6. The van der Waals surface area contributed by atoms with E-state index >= 15 is 0 Å². The summed E-state index contributed by atoms with van der Waals surface area (Å²) in [7, 11) is 1.63. The number of esters is 1. The second kappa shape index (κ2) is 14.3. The van der Waals surface area contributed by atoms with Crippen molar-refractivity contribution >= 4 is 12.1 Å². The van der Waals surface area contributed by atoms with Gasteiger partial charge in [-0.05, 0) is 93.6 Å². The Hall–Kier alpha value is -3.95. The summed E-state index contributed by atoms with van der Waals surface area (Å²) in [6, 6.07) is 15.7. The molecule has 42 heavy (non-hydrogen) atoms. The van der Waals surface area contributed by atoms with E-state index in [0.29, 0.717) is 31.8 Å². The van der Waals surface area contributed by atoms with E-state index in [1.165, 1.54) is 0 Å². The van der Waals surface area contributed by atoms with Crippen molar-refractivity contribution in [2.24, 2.45) is 5.92 Å². The number of rotatable bonds is 12. The molecule has 0 fully saturated rings. The van der Waals surface area contributed by atoms with E-state index in [-0.39, 0.29) is 11.9 Å². The highest BCUT2D eigenvalue weighted by Gasteiger charge is 2.36. The number of carbonyl (C=O) groups excluding carboxylic acids is 2. The van der Waals surface area contributed by atoms with E-state index in [1.807, 2.05) is 90.1 Å². The number of benzene rings is 2. The van der Waals surface area contributed by atoms with Crippen LogP contribution in [0.1, 0.15) is 89.7 Å². The number of alkyl carbamates (subject to hydrolysis) is 1. The number of tetrazole rings is 1. The normalized spacial score (nSPS) is 13.2. The van der Waals surface area contributed by atoms with E-state index in [4.69, 9.17) is 14.2 Å². The number of nitrogens with zero attached hydrogens (tertiary/aromatic N) is 4. The van der Waals surface area contributed by atoms with Crippen LogP contribution in [0.5, 0.6) is 5.75 Å². The molecule has 0 saturated heterocycles. The Kier molecular flexibility index (Phi) is 11.1. The van der Waals surface area contributed by atoms with Crippen molar-refractivity contribution in [2.75, 3.05) is 7.11 Å². The van der Waals surface area contributed by atoms with Crippen LogP contribution in [-0.2, 0) is 33.8 Å². The molecular formula is C32H45N5O5. The minimum Gasteiger partial charge on any atom is -0.497 e. The van der Waals surface area contributed by atoms with Crippen molar-refractivity contribution in [1.82, 2.24) is 25.5 Å². The first kappa shape index (κ1) is 32.6. The molecule has 0 unspecified atom stereocenters. The fraction of sp³-hybridized carbons (Fsp3) is 0.531. The Balaban J connectivity index is 1.88. The molecule has 2 atom stereocenters. The van der Waals surface area contributed by atoms with Crippen LogP contribution in [0.15, 0.2) is 48.5 Å². The first-order valence-corrected chi connectivity index (χ1v) is 14.4. The summed E-state index contributed by atoms with van der Waals surface area (Å²) in [6.45, 7) is 14.0. The van der Waals surface area contributed by atoms with Crippen LogP contribution in [0.4, 0.5) is 4.79 Å². The topological polar surface area (TPSA) is 117 Å². The van der Waals surface area contributed by atoms with E-state index in [2.05, 4.69) is 27.8 Å². The van der Waals surface area contributed by atoms with Gasteiger partial charge in [0.25, 0.3) is 0 Å². The third-order valence-corrected chi connectivity index (χ3v) is 6.49. The van der Waals surface area contributed by atoms with Gasteiger partial charge in [-0.1, -0.05) is 49.7 Å². The maximum absolute atomic E-state index is 13.6. The second-order valence-electron chi connectivity index (χ2n) is 12.5. The summed E-state index contributed by atoms with van der Waals surface area (Å²) in [4.78, 5) is 25.6. The molecule has 3 rings (SSSR count). The van der Waals surface area contributed by atoms with Gasteiger partial charge in [-0.15, -0.1) is 5.10 Å². The smallest absolute Gasteiger partial charge is 0.407 e. The Morgan fingerprint density at radius 1 is 0.881 bits per heavy atom. The van der Waals surface area contributed by atoms with E-state index < -0.39 is 23.2 Å². The number of aromatic nitrogens is 4. The van der Waals surface area contributed by atoms with E-state index in [9.17, 15) is 9.59 Å². The summed E-state index contributed by atoms with van der Waals surface area (Å²) in [5.41, 5.74) is 1.78. The molecule has 0 radical (unpaired) electrons. The molecule has 1 heterocycles. The minimum absolute atomic E-state index is 0.258. The average Bonchev–Trinajstić information content (AvgIpc) is 3.36. The van der Waals surface area contributed by atoms with Gasteiger partial charge >= 0.3 is 12.1 Å². The molecule has 0 aliphatic heterocycles. The fourth-order valence-electron chi connectivity index (χ4n) is 4.61. The maximum atomic E-state index is 13.6. The summed E-state index contributed by atoms with van der Waals surface area (Å²) in [6.07, 6.45) is 1.50. The van der Waals surface area contributed by atoms with Crippen LogP contribution in [0.2, 0.25) is 0 Å². The maximum Gasteiger partial charge on any atom is 0.407 e. The van der Waals surface area contributed by atoms with Crippen molar-refractivity contribution in [2.45, 2.75) is 97.9 Å². The molecule has 2 aromatic carbocycles. The molecular weight excluding hydrogens is 534 g/mol. The summed E-state index contributed by atoms with van der Waals surface area (Å²) in [5, 5.41) is 15.5. The number of carbonyl (C=O) groups is 2. The molecule has 3 aromatic rings. The number of methoxy groups -OCH3 is 1. The van der Waals surface area contributed by atoms with E-state index in [0.717, 1.165) is 28.9 Å². The number of amides is 1. The fourth-order valence-corrected chi connectivity index (χ4v) is 4.61. The van der Waals surface area contributed by atoms with Crippen LogP contribution < -0.4 is 10.1 Å². The molecule has 10 heteroatoms. The second-order valence-corrected chi connectivity index (χ2v) is 12.5. The summed E-state index contributed by atoms with van der Waals surface area (Å²) in [5.74, 6) is 0.380. The van der Waals surface area contributed by atoms with Crippen molar-refractivity contribution in [3.8, 4) is 5.75 Å². The predicted molar refractivity (Wildman–Crippen MR) is 160 cm³/mol. The van der Waals surface area contributed by atoms with Gasteiger partial charge in [0.05, 0.1) is 19.6 Å². The van der Waals surface area contributed by atoms with Gasteiger partial charge in [-0.25, -0.2) is 9.48 Å². The quantitative estimate of drug-likeness (QED) is 0.266. The number of ether oxygens (including phenoxy) is 3. The first-order chi connectivity index (χ1) is 19.8. The van der Waals surface area contributed by atoms with Gasteiger partial charge in [0.2, 0.25) is 0 Å². The zero-order valence-corrected chi connectivity index (χ0v) is 26.1. The Bertz CT molecular complexity index is 1290. The molecule has 0 saturated carbocycles. The Morgan fingerprint density at radius 3 is 2.05 bits per heavy atom. The lowest BCUT2D eigenvalue weighted by atomic mass is 9.83. The third kappa shape index (κ3) is 10.2. The van der Waals surface area contributed by atoms with Crippen molar-refractivity contribution in [3.63, 3.8) is 0 Å². The highest BCUT2D eigenvalue weighted by molar-refractivity contribution is 5.74. The standard InChI is InChI=1S/C32H45N5O5/c1-9-10-26(29(38)41-31(2,3)4)27(28-34-35-36-37(28)21-24-15-17-25(40-8)18-16-24)19-22-11-13-23(14-12-22)20-33-30(39)42-32(5,6)7/h11-18,26-27H,9-10,19-21H2,1-8H3,(H,33,39)/t26-,27-/m0/s1. The zero-order valence-electron chi connectivity index (χ0n) is 26.1. The Morgan fingerprint density at radius 2 is 1.48 bits per heavy atom. The van der Waals surface area contributed by atoms with Gasteiger partial charge in [0.15, 0.2) is 5.82 Å². The van der Waals surface area contributed by atoms with Gasteiger partial charge < -0.3 is 19.5 Å². The third-order valence-electron chi connectivity index (χ3n) is 6.49. The summed E-state index contributed by atoms with van der Waals surface area (Å²) >= 11 is 0. The van der Waals surface area contributed by atoms with Crippen molar-refractivity contribution in [3.05, 3.63) is 71.0 Å². The van der Waals surface area contributed by atoms with Gasteiger partial charge in [-0.3, -0.25) is 4.79 Å². The lowest BCUT2D eigenvalue weighted by Gasteiger charge is -2.29. The number of hydrogen-bond acceptors (Lipinski definition) is 8. The van der Waals surface area contributed by atoms with Crippen LogP contribution in [0, 0.1) is 5.92 Å². The van der Waals surface area contributed by atoms with Crippen LogP contribution in [0.3, 0.4) is 0 Å². The average molecular weight is 580 g/mol. The first-order valence-electron chi connectivity index (χ1n) is 14.4. The molecule has 1 aromatic heterocycles. The molecule has 0 bridgehead atoms. The zero-order chi connectivity index (χ0) is 30.9. The largest absolute Gasteiger partial charge is 0.497 e. The molecule has 0 aliphatic carbocycles. The molecule has 228 valence electrons. The van der Waals surface area contributed by atoms with E-state index in [1.54, 1.807) is 11.8 Å². The van der Waals surface area contributed by atoms with Gasteiger partial charge in [0, 0.05) is 12.5 Å². The number of nitrogens with one attached hydrogen (secondary N) is 1. The molecule has 0 spiro atoms. The van der Waals surface area contributed by atoms with Gasteiger partial charge in [0.1, 0.15) is 17.0 Å². The monoisotopic (exact) mass is 579 g/mol. The molecule has 0 aliphatic rings. The molecule has 1 N–H and O–H groups in total. The lowest BCUT2D eigenvalue weighted by Crippen LogP contribution is -2.33. The Labute approximate surface area is 249 Å². The number of hydrogen-bond donors (Lipinski definition) is 1. The molecule has 1 amide bonds. The van der Waals surface area contributed by atoms with Gasteiger partial charge in [-0.2, -0.15) is 0 Å². The van der Waals surface area contributed by atoms with Crippen LogP contribution in [-0.4, -0.2) is 50.6 Å². The minimum atomic E-state index is -0.620. The van der Waals surface area contributed by atoms with Crippen LogP contribution >= 0.6 is 0 Å². The SMILES string of the molecule is CCC[C@H](C(=O)OC(C)(C)C)[C@H](Cc1ccc(CNC(=O)OC(C)(C)C)cc1)c1nnnn1Cc1ccc(OC)cc1. The predicted octanol–water partition coefficient (Wildman–Crippen LogP) is 5.84. The summed E-state index contributed by atoms with van der Waals surface area (Å²) < 4.78 is 18.3. The highest BCUT2D eigenvalue weighted by Crippen LogP contribution is 2.33. The lowest BCUT2D eigenvalue weighted by molar-refractivity contribution is -0.161. The van der Waals surface area contributed by atoms with Crippen molar-refractivity contribution < 1.29 is 23.8 Å². The van der Waals surface area contributed by atoms with Crippen LogP contribution in [0.25, 0.3) is 0 Å². The molecule has 10 nitrogen and oxygen atoms in total.